The van der Waals surface area contributed by atoms with Crippen LogP contribution in [0.25, 0.3) is 0 Å². The lowest BCUT2D eigenvalue weighted by atomic mass is 9.70. The van der Waals surface area contributed by atoms with Gasteiger partial charge in [-0.1, -0.05) is 0 Å². The van der Waals surface area contributed by atoms with Gasteiger partial charge in [0.05, 0.1) is 6.10 Å². The summed E-state index contributed by atoms with van der Waals surface area (Å²) in [5.74, 6) is 0.858. The quantitative estimate of drug-likeness (QED) is 0.843. The maximum atomic E-state index is 6.15. The second-order valence-corrected chi connectivity index (χ2v) is 7.10. The highest BCUT2D eigenvalue weighted by Gasteiger charge is 2.50. The molecule has 0 aromatic rings. The van der Waals surface area contributed by atoms with Crippen LogP contribution in [0.5, 0.6) is 0 Å². The Labute approximate surface area is 123 Å². The highest BCUT2D eigenvalue weighted by Crippen LogP contribution is 2.42. The van der Waals surface area contributed by atoms with Gasteiger partial charge in [-0.05, 0) is 58.5 Å². The van der Waals surface area contributed by atoms with Crippen LogP contribution in [0.1, 0.15) is 39.0 Å². The molecule has 0 aromatic carbocycles. The molecule has 0 amide bonds. The third-order valence-electron chi connectivity index (χ3n) is 6.01. The summed E-state index contributed by atoms with van der Waals surface area (Å²) < 4.78 is 5.76. The molecule has 116 valence electrons. The Morgan fingerprint density at radius 2 is 2.05 bits per heavy atom. The summed E-state index contributed by atoms with van der Waals surface area (Å²) in [6, 6.07) is 0.817. The van der Waals surface area contributed by atoms with Gasteiger partial charge in [-0.3, -0.25) is 4.90 Å². The summed E-state index contributed by atoms with van der Waals surface area (Å²) in [6.45, 7) is 7.48. The number of nitrogens with two attached hydrogens (primary N) is 1. The molecule has 4 nitrogen and oxygen atoms in total. The predicted molar refractivity (Wildman–Crippen MR) is 81.8 cm³/mol. The van der Waals surface area contributed by atoms with Crippen molar-refractivity contribution < 1.29 is 4.74 Å². The monoisotopic (exact) mass is 281 g/mol. The third kappa shape index (κ3) is 2.52. The normalized spacial score (nSPS) is 43.0. The number of ether oxygens (including phenoxy) is 1. The van der Waals surface area contributed by atoms with Crippen molar-refractivity contribution in [3.63, 3.8) is 0 Å². The second kappa shape index (κ2) is 5.91. The van der Waals surface area contributed by atoms with E-state index in [4.69, 9.17) is 10.5 Å². The summed E-state index contributed by atoms with van der Waals surface area (Å²) in [5, 5.41) is 0. The molecule has 4 heteroatoms. The zero-order valence-corrected chi connectivity index (χ0v) is 13.2. The molecule has 3 aliphatic rings. The Kier molecular flexibility index (Phi) is 4.37. The standard InChI is InChI=1S/C16H31N3O/c1-3-20-14-9-16(10-14,12-17)19-8-6-15-13(11-19)5-4-7-18(15)2/h13-15H,3-12,17H2,1-2H3. The smallest absolute Gasteiger partial charge is 0.0611 e. The largest absolute Gasteiger partial charge is 0.378 e. The minimum atomic E-state index is 0.251. The first-order chi connectivity index (χ1) is 9.68. The molecule has 0 spiro atoms. The molecule has 1 aliphatic carbocycles. The van der Waals surface area contributed by atoms with Gasteiger partial charge >= 0.3 is 0 Å². The Hall–Kier alpha value is -0.160. The molecule has 2 saturated heterocycles. The van der Waals surface area contributed by atoms with Gasteiger partial charge < -0.3 is 15.4 Å². The van der Waals surface area contributed by atoms with Crippen LogP contribution in [0.3, 0.4) is 0 Å². The summed E-state index contributed by atoms with van der Waals surface area (Å²) in [4.78, 5) is 5.30. The van der Waals surface area contributed by atoms with Crippen LogP contribution < -0.4 is 5.73 Å². The van der Waals surface area contributed by atoms with Crippen LogP contribution in [-0.4, -0.2) is 67.3 Å². The average Bonchev–Trinajstić information content (AvgIpc) is 2.42. The van der Waals surface area contributed by atoms with Crippen LogP contribution in [0.4, 0.5) is 0 Å². The summed E-state index contributed by atoms with van der Waals surface area (Å²) >= 11 is 0. The third-order valence-corrected chi connectivity index (χ3v) is 6.01. The predicted octanol–water partition coefficient (Wildman–Crippen LogP) is 1.30. The van der Waals surface area contributed by atoms with Crippen molar-refractivity contribution >= 4 is 0 Å². The van der Waals surface area contributed by atoms with E-state index in [0.717, 1.165) is 38.0 Å². The average molecular weight is 281 g/mol. The van der Waals surface area contributed by atoms with Gasteiger partial charge in [-0.25, -0.2) is 0 Å². The fourth-order valence-corrected chi connectivity index (χ4v) is 4.78. The van der Waals surface area contributed by atoms with E-state index in [9.17, 15) is 0 Å². The lowest BCUT2D eigenvalue weighted by Gasteiger charge is -2.58. The molecule has 3 fully saturated rings. The number of piperidine rings is 2. The van der Waals surface area contributed by atoms with Crippen LogP contribution in [0, 0.1) is 5.92 Å². The van der Waals surface area contributed by atoms with Crippen LogP contribution in [0.2, 0.25) is 0 Å². The van der Waals surface area contributed by atoms with Gasteiger partial charge in [0.2, 0.25) is 0 Å². The molecule has 1 saturated carbocycles. The molecule has 0 aromatic heterocycles. The second-order valence-electron chi connectivity index (χ2n) is 7.10. The van der Waals surface area contributed by atoms with E-state index >= 15 is 0 Å². The molecule has 20 heavy (non-hydrogen) atoms. The molecule has 2 heterocycles. The van der Waals surface area contributed by atoms with Crippen molar-refractivity contribution in [3.8, 4) is 0 Å². The lowest BCUT2D eigenvalue weighted by Crippen LogP contribution is -2.67. The molecule has 3 rings (SSSR count). The minimum Gasteiger partial charge on any atom is -0.378 e. The van der Waals surface area contributed by atoms with Gasteiger partial charge in [0.15, 0.2) is 0 Å². The maximum absolute atomic E-state index is 6.15. The van der Waals surface area contributed by atoms with E-state index in [1.165, 1.54) is 38.9 Å². The topological polar surface area (TPSA) is 41.7 Å². The van der Waals surface area contributed by atoms with Gasteiger partial charge in [-0.2, -0.15) is 0 Å². The van der Waals surface area contributed by atoms with E-state index in [0.29, 0.717) is 6.10 Å². The molecular formula is C16H31N3O. The molecule has 2 N–H and O–H groups in total. The van der Waals surface area contributed by atoms with Crippen molar-refractivity contribution in [2.24, 2.45) is 11.7 Å². The number of fused-ring (bicyclic) bond motifs is 1. The van der Waals surface area contributed by atoms with Gasteiger partial charge in [0, 0.05) is 37.8 Å². The molecule has 0 bridgehead atoms. The summed E-state index contributed by atoms with van der Waals surface area (Å²) in [7, 11) is 2.31. The van der Waals surface area contributed by atoms with E-state index in [-0.39, 0.29) is 5.54 Å². The first-order valence-corrected chi connectivity index (χ1v) is 8.45. The van der Waals surface area contributed by atoms with Crippen molar-refractivity contribution in [3.05, 3.63) is 0 Å². The Balaban J connectivity index is 1.61. The zero-order valence-electron chi connectivity index (χ0n) is 13.2. The van der Waals surface area contributed by atoms with Gasteiger partial charge in [0.1, 0.15) is 0 Å². The molecule has 0 radical (unpaired) electrons. The van der Waals surface area contributed by atoms with E-state index < -0.39 is 0 Å². The Morgan fingerprint density at radius 1 is 1.25 bits per heavy atom. The highest BCUT2D eigenvalue weighted by atomic mass is 16.5. The zero-order chi connectivity index (χ0) is 14.2. The molecule has 2 aliphatic heterocycles. The number of hydrogen-bond acceptors (Lipinski definition) is 4. The molecule has 2 unspecified atom stereocenters. The van der Waals surface area contributed by atoms with Crippen LogP contribution in [-0.2, 0) is 4.74 Å². The first kappa shape index (κ1) is 14.8. The first-order valence-electron chi connectivity index (χ1n) is 8.45. The van der Waals surface area contributed by atoms with Crippen LogP contribution in [0.15, 0.2) is 0 Å². The van der Waals surface area contributed by atoms with E-state index in [1.54, 1.807) is 0 Å². The molecule has 2 atom stereocenters. The summed E-state index contributed by atoms with van der Waals surface area (Å²) in [6.07, 6.45) is 6.83. The van der Waals surface area contributed by atoms with Crippen molar-refractivity contribution in [2.45, 2.75) is 56.7 Å². The number of nitrogens with zero attached hydrogens (tertiary/aromatic N) is 2. The minimum absolute atomic E-state index is 0.251. The maximum Gasteiger partial charge on any atom is 0.0611 e. The fourth-order valence-electron chi connectivity index (χ4n) is 4.78. The fraction of sp³-hybridized carbons (Fsp3) is 1.00. The number of likely N-dealkylation sites (tertiary alicyclic amines) is 2. The number of rotatable bonds is 4. The highest BCUT2D eigenvalue weighted by molar-refractivity contribution is 5.07. The Morgan fingerprint density at radius 3 is 2.75 bits per heavy atom. The molecular weight excluding hydrogens is 250 g/mol. The van der Waals surface area contributed by atoms with Gasteiger partial charge in [0.25, 0.3) is 0 Å². The van der Waals surface area contributed by atoms with E-state index in [2.05, 4.69) is 23.8 Å². The van der Waals surface area contributed by atoms with E-state index in [1.807, 2.05) is 0 Å². The van der Waals surface area contributed by atoms with Crippen molar-refractivity contribution in [2.75, 3.05) is 39.8 Å². The number of hydrogen-bond donors (Lipinski definition) is 1. The lowest BCUT2D eigenvalue weighted by molar-refractivity contribution is -0.120. The van der Waals surface area contributed by atoms with Gasteiger partial charge in [-0.15, -0.1) is 0 Å². The summed E-state index contributed by atoms with van der Waals surface area (Å²) in [5.41, 5.74) is 6.40. The van der Waals surface area contributed by atoms with Crippen molar-refractivity contribution in [1.82, 2.24) is 9.80 Å². The SMILES string of the molecule is CCOC1CC(CN)(N2CCC3C(CCCN3C)C2)C1. The van der Waals surface area contributed by atoms with Crippen LogP contribution >= 0.6 is 0 Å². The Bertz CT molecular complexity index is 330. The van der Waals surface area contributed by atoms with Crippen molar-refractivity contribution in [1.29, 1.82) is 0 Å².